The zero-order valence-electron chi connectivity index (χ0n) is 15.6. The minimum atomic E-state index is -2.94. The van der Waals surface area contributed by atoms with E-state index in [0.717, 1.165) is 16.8 Å². The Morgan fingerprint density at radius 1 is 1.26 bits per heavy atom. The number of halogens is 2. The number of carbonyl (C=O) groups is 1. The van der Waals surface area contributed by atoms with E-state index in [-0.39, 0.29) is 17.4 Å². The van der Waals surface area contributed by atoms with Crippen LogP contribution in [0.4, 0.5) is 13.8 Å². The molecule has 2 heterocycles. The molecule has 0 saturated heterocycles. The molecule has 2 atom stereocenters. The molecule has 0 radical (unpaired) electrons. The van der Waals surface area contributed by atoms with Gasteiger partial charge in [0.2, 0.25) is 5.91 Å². The number of thiophene rings is 1. The Morgan fingerprint density at radius 3 is 2.41 bits per heavy atom. The van der Waals surface area contributed by atoms with Gasteiger partial charge in [-0.3, -0.25) is 9.69 Å². The summed E-state index contributed by atoms with van der Waals surface area (Å²) in [6.45, 7) is 2.70. The van der Waals surface area contributed by atoms with Crippen molar-refractivity contribution in [3.05, 3.63) is 52.4 Å². The van der Waals surface area contributed by atoms with Crippen molar-refractivity contribution in [3.8, 4) is 0 Å². The summed E-state index contributed by atoms with van der Waals surface area (Å²) in [5, 5.41) is 4.01. The molecule has 144 valence electrons. The normalized spacial score (nSPS) is 23.3. The fourth-order valence-electron chi connectivity index (χ4n) is 3.30. The fourth-order valence-corrected chi connectivity index (χ4v) is 4.28. The van der Waals surface area contributed by atoms with Gasteiger partial charge in [-0.1, -0.05) is 24.3 Å². The average molecular weight is 392 g/mol. The highest BCUT2D eigenvalue weighted by molar-refractivity contribution is 7.16. The van der Waals surface area contributed by atoms with Gasteiger partial charge in [0.15, 0.2) is 5.96 Å². The largest absolute Gasteiger partial charge is 0.380 e. The molecule has 0 saturated carbocycles. The third-order valence-corrected chi connectivity index (χ3v) is 6.26. The maximum absolute atomic E-state index is 13.6. The first-order valence-electron chi connectivity index (χ1n) is 8.47. The topological polar surface area (TPSA) is 70.7 Å². The maximum Gasteiger partial charge on any atom is 0.270 e. The lowest BCUT2D eigenvalue weighted by Gasteiger charge is -2.40. The molecule has 27 heavy (non-hydrogen) atoms. The van der Waals surface area contributed by atoms with Gasteiger partial charge in [0.25, 0.3) is 5.92 Å². The van der Waals surface area contributed by atoms with Gasteiger partial charge in [0.05, 0.1) is 10.9 Å². The second kappa shape index (κ2) is 6.60. The Bertz CT molecular complexity index is 888. The third-order valence-electron chi connectivity index (χ3n) is 4.93. The molecular formula is C19H22F2N4OS. The Balaban J connectivity index is 2.13. The van der Waals surface area contributed by atoms with Crippen LogP contribution in [-0.2, 0) is 16.3 Å². The molecule has 3 N–H and O–H groups in total. The fraction of sp³-hybridized carbons (Fsp3) is 0.368. The van der Waals surface area contributed by atoms with Crippen molar-refractivity contribution in [1.29, 1.82) is 0 Å². The first-order chi connectivity index (χ1) is 12.6. The third kappa shape index (κ3) is 3.29. The number of rotatable bonds is 4. The summed E-state index contributed by atoms with van der Waals surface area (Å²) in [6.07, 6.45) is 0. The minimum Gasteiger partial charge on any atom is -0.380 e. The number of benzene rings is 1. The van der Waals surface area contributed by atoms with Crippen LogP contribution in [0.5, 0.6) is 0 Å². The van der Waals surface area contributed by atoms with E-state index in [2.05, 4.69) is 10.3 Å². The molecule has 0 aliphatic carbocycles. The molecule has 3 rings (SSSR count). The number of hydrogen-bond donors (Lipinski definition) is 2. The summed E-state index contributed by atoms with van der Waals surface area (Å²) >= 11 is 1.48. The van der Waals surface area contributed by atoms with Gasteiger partial charge in [0, 0.05) is 31.5 Å². The van der Waals surface area contributed by atoms with Crippen LogP contribution in [0.15, 0.2) is 41.4 Å². The number of guanidine groups is 1. The molecule has 1 aromatic carbocycles. The van der Waals surface area contributed by atoms with E-state index in [4.69, 9.17) is 5.73 Å². The van der Waals surface area contributed by atoms with Crippen LogP contribution in [0.2, 0.25) is 0 Å². The molecular weight excluding hydrogens is 370 g/mol. The van der Waals surface area contributed by atoms with Gasteiger partial charge in [-0.05, 0) is 24.6 Å². The number of likely N-dealkylation sites (N-methyl/N-ethyl adjacent to an activating group) is 1. The maximum atomic E-state index is 13.6. The average Bonchev–Trinajstić information content (AvgIpc) is 3.09. The quantitative estimate of drug-likeness (QED) is 0.834. The van der Waals surface area contributed by atoms with Crippen LogP contribution in [0.25, 0.3) is 0 Å². The van der Waals surface area contributed by atoms with Gasteiger partial charge in [-0.2, -0.15) is 0 Å². The van der Waals surface area contributed by atoms with E-state index in [0.29, 0.717) is 5.56 Å². The molecule has 1 unspecified atom stereocenters. The van der Waals surface area contributed by atoms with E-state index in [1.54, 1.807) is 19.2 Å². The van der Waals surface area contributed by atoms with Crippen LogP contribution in [0.1, 0.15) is 35.8 Å². The summed E-state index contributed by atoms with van der Waals surface area (Å²) < 4.78 is 27.1. The number of anilines is 1. The lowest BCUT2D eigenvalue weighted by atomic mass is 9.77. The molecule has 2 aromatic rings. The predicted molar refractivity (Wildman–Crippen MR) is 104 cm³/mol. The highest BCUT2D eigenvalue weighted by Crippen LogP contribution is 2.47. The van der Waals surface area contributed by atoms with Crippen LogP contribution in [0.3, 0.4) is 0 Å². The first kappa shape index (κ1) is 19.3. The second-order valence-electron chi connectivity index (χ2n) is 6.87. The Morgan fingerprint density at radius 2 is 1.89 bits per heavy atom. The zero-order chi connectivity index (χ0) is 20.0. The SMILES string of the molecule is CNc1ccc(C2(C)N=C(N)N(C)C(=O)[C@@H]2c2ccc(C(C)(F)F)cc2)s1. The lowest BCUT2D eigenvalue weighted by Crippen LogP contribution is -2.52. The van der Waals surface area contributed by atoms with Crippen molar-refractivity contribution in [1.82, 2.24) is 4.90 Å². The van der Waals surface area contributed by atoms with E-state index >= 15 is 0 Å². The molecule has 8 heteroatoms. The summed E-state index contributed by atoms with van der Waals surface area (Å²) in [7, 11) is 3.38. The van der Waals surface area contributed by atoms with Crippen molar-refractivity contribution < 1.29 is 13.6 Å². The highest BCUT2D eigenvalue weighted by atomic mass is 32.1. The van der Waals surface area contributed by atoms with Crippen LogP contribution in [-0.4, -0.2) is 30.9 Å². The number of nitrogens with zero attached hydrogens (tertiary/aromatic N) is 2. The van der Waals surface area contributed by atoms with Crippen LogP contribution in [0, 0.1) is 0 Å². The molecule has 1 aliphatic heterocycles. The van der Waals surface area contributed by atoms with Crippen molar-refractivity contribution in [2.24, 2.45) is 10.7 Å². The number of amides is 1. The van der Waals surface area contributed by atoms with Gasteiger partial charge in [-0.25, -0.2) is 13.8 Å². The number of nitrogens with one attached hydrogen (secondary N) is 1. The summed E-state index contributed by atoms with van der Waals surface area (Å²) in [5.74, 6) is -3.69. The summed E-state index contributed by atoms with van der Waals surface area (Å²) in [4.78, 5) is 19.9. The van der Waals surface area contributed by atoms with Crippen molar-refractivity contribution >= 4 is 28.2 Å². The smallest absolute Gasteiger partial charge is 0.270 e. The Labute approximate surface area is 160 Å². The summed E-state index contributed by atoms with van der Waals surface area (Å²) in [6, 6.07) is 9.69. The van der Waals surface area contributed by atoms with Crippen molar-refractivity contribution in [3.63, 3.8) is 0 Å². The molecule has 0 bridgehead atoms. The van der Waals surface area contributed by atoms with E-state index in [9.17, 15) is 13.6 Å². The van der Waals surface area contributed by atoms with Crippen molar-refractivity contribution in [2.45, 2.75) is 31.2 Å². The Kier molecular flexibility index (Phi) is 4.71. The molecule has 5 nitrogen and oxygen atoms in total. The predicted octanol–water partition coefficient (Wildman–Crippen LogP) is 3.69. The molecule has 1 aromatic heterocycles. The number of alkyl halides is 2. The van der Waals surface area contributed by atoms with E-state index in [1.165, 1.54) is 28.4 Å². The highest BCUT2D eigenvalue weighted by Gasteiger charge is 2.48. The standard InChI is InChI=1S/C19H22F2N4OS/c1-18(13-9-10-14(23-3)27-13)15(16(26)25(4)17(22)24-18)11-5-7-12(8-6-11)19(2,20)21/h5-10,15,23H,1-4H3,(H2,22,24)/t15-,18?/m0/s1. The number of nitrogens with two attached hydrogens (primary N) is 1. The first-order valence-corrected chi connectivity index (χ1v) is 9.29. The van der Waals surface area contributed by atoms with Crippen molar-refractivity contribution in [2.75, 3.05) is 19.4 Å². The van der Waals surface area contributed by atoms with Gasteiger partial charge in [-0.15, -0.1) is 11.3 Å². The van der Waals surface area contributed by atoms with E-state index in [1.807, 2.05) is 26.1 Å². The molecule has 1 aliphatic rings. The Hall–Kier alpha value is -2.48. The van der Waals surface area contributed by atoms with Gasteiger partial charge < -0.3 is 11.1 Å². The van der Waals surface area contributed by atoms with Gasteiger partial charge in [0.1, 0.15) is 5.54 Å². The monoisotopic (exact) mass is 392 g/mol. The lowest BCUT2D eigenvalue weighted by molar-refractivity contribution is -0.130. The van der Waals surface area contributed by atoms with Gasteiger partial charge >= 0.3 is 0 Å². The molecule has 0 fully saturated rings. The minimum absolute atomic E-state index is 0.0961. The van der Waals surface area contributed by atoms with Crippen LogP contribution < -0.4 is 11.1 Å². The van der Waals surface area contributed by atoms with E-state index < -0.39 is 17.4 Å². The van der Waals surface area contributed by atoms with Crippen LogP contribution >= 0.6 is 11.3 Å². The molecule has 1 amide bonds. The summed E-state index contributed by atoms with van der Waals surface area (Å²) in [5.41, 5.74) is 5.59. The number of aliphatic imine (C=N–C) groups is 1. The molecule has 0 spiro atoms. The zero-order valence-corrected chi connectivity index (χ0v) is 16.4. The second-order valence-corrected chi connectivity index (χ2v) is 7.96. The number of carbonyl (C=O) groups excluding carboxylic acids is 1. The number of hydrogen-bond acceptors (Lipinski definition) is 5.